The van der Waals surface area contributed by atoms with Crippen LogP contribution in [0, 0.1) is 0 Å². The van der Waals surface area contributed by atoms with Gasteiger partial charge < -0.3 is 5.73 Å². The monoisotopic (exact) mass is 289 g/mol. The summed E-state index contributed by atoms with van der Waals surface area (Å²) < 4.78 is 36.9. The topological polar surface area (TPSA) is 26.0 Å². The summed E-state index contributed by atoms with van der Waals surface area (Å²) in [5.41, 5.74) is 5.07. The molecule has 0 aromatic heterocycles. The van der Waals surface area contributed by atoms with E-state index in [0.29, 0.717) is 4.47 Å². The molecule has 1 nitrogen and oxygen atoms in total. The molecule has 1 rings (SSSR count). The quantitative estimate of drug-likeness (QED) is 0.842. The minimum atomic E-state index is -4.40. The van der Waals surface area contributed by atoms with E-state index in [1.54, 1.807) is 6.07 Å². The zero-order chi connectivity index (χ0) is 10.1. The third-order valence-corrected chi connectivity index (χ3v) is 2.32. The Hall–Kier alpha value is -0.260. The lowest BCUT2D eigenvalue weighted by Gasteiger charge is -2.16. The van der Waals surface area contributed by atoms with Crippen molar-refractivity contribution in [1.82, 2.24) is 0 Å². The van der Waals surface area contributed by atoms with Gasteiger partial charge in [-0.1, -0.05) is 34.1 Å². The summed E-state index contributed by atoms with van der Waals surface area (Å²) in [6.07, 6.45) is -4.40. The van der Waals surface area contributed by atoms with Crippen LogP contribution in [0.25, 0.3) is 0 Å². The van der Waals surface area contributed by atoms with Crippen LogP contribution in [0.15, 0.2) is 28.7 Å². The first-order chi connectivity index (χ1) is 5.93. The highest BCUT2D eigenvalue weighted by Crippen LogP contribution is 2.33. The van der Waals surface area contributed by atoms with Gasteiger partial charge in [0.2, 0.25) is 0 Å². The van der Waals surface area contributed by atoms with Crippen molar-refractivity contribution >= 4 is 28.3 Å². The summed E-state index contributed by atoms with van der Waals surface area (Å²) in [6, 6.07) is 4.11. The van der Waals surface area contributed by atoms with Crippen LogP contribution >= 0.6 is 28.3 Å². The van der Waals surface area contributed by atoms with Gasteiger partial charge in [-0.15, -0.1) is 12.4 Å². The number of halogens is 5. The SMILES string of the molecule is Cl.N[C@H](c1ccccc1Br)C(F)(F)F. The Balaban J connectivity index is 0.00000169. The molecule has 0 radical (unpaired) electrons. The number of benzene rings is 1. The summed E-state index contributed by atoms with van der Waals surface area (Å²) in [6.45, 7) is 0. The Morgan fingerprint density at radius 2 is 1.71 bits per heavy atom. The molecule has 0 spiro atoms. The van der Waals surface area contributed by atoms with Crippen molar-refractivity contribution in [2.75, 3.05) is 0 Å². The average Bonchev–Trinajstić information content (AvgIpc) is 2.02. The molecule has 1 aromatic carbocycles. The molecule has 0 saturated heterocycles. The normalized spacial score (nSPS) is 13.2. The Morgan fingerprint density at radius 1 is 1.21 bits per heavy atom. The molecular weight excluding hydrogens is 282 g/mol. The van der Waals surface area contributed by atoms with Gasteiger partial charge in [0.25, 0.3) is 0 Å². The Kier molecular flexibility index (Phi) is 4.91. The van der Waals surface area contributed by atoms with Crippen LogP contribution in [0.4, 0.5) is 13.2 Å². The molecule has 0 unspecified atom stereocenters. The van der Waals surface area contributed by atoms with E-state index in [2.05, 4.69) is 15.9 Å². The molecule has 0 amide bonds. The Bertz CT molecular complexity index is 303. The van der Waals surface area contributed by atoms with Gasteiger partial charge in [-0.2, -0.15) is 13.2 Å². The number of alkyl halides is 3. The summed E-state index contributed by atoms with van der Waals surface area (Å²) >= 11 is 3.01. The van der Waals surface area contributed by atoms with Crippen LogP contribution in [-0.4, -0.2) is 6.18 Å². The molecular formula is C8H8BrClF3N. The molecule has 0 fully saturated rings. The van der Waals surface area contributed by atoms with Gasteiger partial charge in [0.1, 0.15) is 6.04 Å². The Morgan fingerprint density at radius 3 is 2.14 bits per heavy atom. The lowest BCUT2D eigenvalue weighted by Crippen LogP contribution is -2.28. The lowest BCUT2D eigenvalue weighted by molar-refractivity contribution is -0.149. The lowest BCUT2D eigenvalue weighted by atomic mass is 10.1. The van der Waals surface area contributed by atoms with Gasteiger partial charge in [0.15, 0.2) is 0 Å². The molecule has 14 heavy (non-hydrogen) atoms. The highest BCUT2D eigenvalue weighted by atomic mass is 79.9. The maximum absolute atomic E-state index is 12.2. The van der Waals surface area contributed by atoms with Gasteiger partial charge in [0, 0.05) is 4.47 Å². The van der Waals surface area contributed by atoms with Crippen LogP contribution in [0.3, 0.4) is 0 Å². The first kappa shape index (κ1) is 13.7. The minimum Gasteiger partial charge on any atom is -0.316 e. The summed E-state index contributed by atoms with van der Waals surface area (Å²) in [4.78, 5) is 0. The fraction of sp³-hybridized carbons (Fsp3) is 0.250. The van der Waals surface area contributed by atoms with Crippen LogP contribution in [0.1, 0.15) is 11.6 Å². The Labute approximate surface area is 94.0 Å². The van der Waals surface area contributed by atoms with Crippen molar-refractivity contribution in [3.05, 3.63) is 34.3 Å². The standard InChI is InChI=1S/C8H7BrF3N.ClH/c9-6-4-2-1-3-5(6)7(13)8(10,11)12;/h1-4,7H,13H2;1H/t7-;/m1./s1. The maximum Gasteiger partial charge on any atom is 0.407 e. The fourth-order valence-corrected chi connectivity index (χ4v) is 1.44. The van der Waals surface area contributed by atoms with E-state index in [9.17, 15) is 13.2 Å². The van der Waals surface area contributed by atoms with Gasteiger partial charge >= 0.3 is 6.18 Å². The van der Waals surface area contributed by atoms with Crippen molar-refractivity contribution in [3.8, 4) is 0 Å². The smallest absolute Gasteiger partial charge is 0.316 e. The van der Waals surface area contributed by atoms with Gasteiger partial charge in [-0.25, -0.2) is 0 Å². The molecule has 0 heterocycles. The first-order valence-electron chi connectivity index (χ1n) is 3.49. The highest BCUT2D eigenvalue weighted by Gasteiger charge is 2.38. The van der Waals surface area contributed by atoms with Crippen LogP contribution < -0.4 is 5.73 Å². The molecule has 2 N–H and O–H groups in total. The molecule has 0 aliphatic carbocycles. The molecule has 0 bridgehead atoms. The van der Waals surface area contributed by atoms with Crippen molar-refractivity contribution in [2.45, 2.75) is 12.2 Å². The molecule has 0 saturated carbocycles. The summed E-state index contributed by atoms with van der Waals surface area (Å²) in [5.74, 6) is 0. The van der Waals surface area contributed by atoms with Gasteiger partial charge in [0.05, 0.1) is 0 Å². The second-order valence-corrected chi connectivity index (χ2v) is 3.40. The third-order valence-electron chi connectivity index (χ3n) is 1.59. The predicted molar refractivity (Wildman–Crippen MR) is 54.4 cm³/mol. The number of rotatable bonds is 1. The molecule has 1 atom stereocenters. The van der Waals surface area contributed by atoms with Crippen LogP contribution in [0.5, 0.6) is 0 Å². The number of nitrogens with two attached hydrogens (primary N) is 1. The van der Waals surface area contributed by atoms with E-state index in [1.165, 1.54) is 18.2 Å². The van der Waals surface area contributed by atoms with E-state index in [0.717, 1.165) is 0 Å². The van der Waals surface area contributed by atoms with E-state index < -0.39 is 12.2 Å². The second kappa shape index (κ2) is 5.00. The minimum absolute atomic E-state index is 0. The third kappa shape index (κ3) is 3.15. The van der Waals surface area contributed by atoms with Crippen molar-refractivity contribution < 1.29 is 13.2 Å². The summed E-state index contributed by atoms with van der Waals surface area (Å²) in [5, 5.41) is 0. The van der Waals surface area contributed by atoms with Crippen LogP contribution in [0.2, 0.25) is 0 Å². The number of hydrogen-bond donors (Lipinski definition) is 1. The molecule has 0 aliphatic heterocycles. The van der Waals surface area contributed by atoms with Crippen LogP contribution in [-0.2, 0) is 0 Å². The van der Waals surface area contributed by atoms with Crippen molar-refractivity contribution in [3.63, 3.8) is 0 Å². The molecule has 6 heteroatoms. The second-order valence-electron chi connectivity index (χ2n) is 2.54. The van der Waals surface area contributed by atoms with Crippen molar-refractivity contribution in [1.29, 1.82) is 0 Å². The van der Waals surface area contributed by atoms with Gasteiger partial charge in [-0.05, 0) is 11.6 Å². The van der Waals surface area contributed by atoms with Crippen molar-refractivity contribution in [2.24, 2.45) is 5.73 Å². The average molecular weight is 291 g/mol. The zero-order valence-corrected chi connectivity index (χ0v) is 9.29. The fourth-order valence-electron chi connectivity index (χ4n) is 0.904. The van der Waals surface area contributed by atoms with E-state index in [-0.39, 0.29) is 18.0 Å². The van der Waals surface area contributed by atoms with E-state index >= 15 is 0 Å². The van der Waals surface area contributed by atoms with E-state index in [1.807, 2.05) is 0 Å². The maximum atomic E-state index is 12.2. The first-order valence-corrected chi connectivity index (χ1v) is 4.29. The largest absolute Gasteiger partial charge is 0.407 e. The molecule has 0 aliphatic rings. The predicted octanol–water partition coefficient (Wildman–Crippen LogP) is 3.43. The zero-order valence-electron chi connectivity index (χ0n) is 6.88. The molecule has 1 aromatic rings. The van der Waals surface area contributed by atoms with Gasteiger partial charge in [-0.3, -0.25) is 0 Å². The number of hydrogen-bond acceptors (Lipinski definition) is 1. The molecule has 80 valence electrons. The summed E-state index contributed by atoms with van der Waals surface area (Å²) in [7, 11) is 0. The highest BCUT2D eigenvalue weighted by molar-refractivity contribution is 9.10. The van der Waals surface area contributed by atoms with E-state index in [4.69, 9.17) is 5.73 Å².